The van der Waals surface area contributed by atoms with Crippen LogP contribution in [-0.4, -0.2) is 16.8 Å². The highest BCUT2D eigenvalue weighted by Gasteiger charge is 2.50. The molecule has 0 amide bonds. The van der Waals surface area contributed by atoms with Crippen molar-refractivity contribution in [1.82, 2.24) is 0 Å². The molecule has 1 aliphatic rings. The fraction of sp³-hybridized carbons (Fsp3) is 1.00. The molecular weight excluding hydrogens is 208 g/mol. The van der Waals surface area contributed by atoms with Crippen LogP contribution in [0.4, 0.5) is 0 Å². The van der Waals surface area contributed by atoms with Crippen molar-refractivity contribution in [2.24, 2.45) is 5.92 Å². The smallest absolute Gasteiger partial charge is 0.0902 e. The highest BCUT2D eigenvalue weighted by molar-refractivity contribution is 7.75. The standard InChI is InChI=1S/C12H24O2S/c1-9(2)12(14-15)7-10(3,4)13-11(5,6)8-12/h9,15H,7-8H2,1-6H3. The van der Waals surface area contributed by atoms with Crippen LogP contribution in [0.5, 0.6) is 0 Å². The van der Waals surface area contributed by atoms with Gasteiger partial charge in [-0.3, -0.25) is 0 Å². The Morgan fingerprint density at radius 1 is 1.07 bits per heavy atom. The first kappa shape index (κ1) is 13.3. The maximum Gasteiger partial charge on any atom is 0.0902 e. The van der Waals surface area contributed by atoms with E-state index in [4.69, 9.17) is 8.92 Å². The number of ether oxygens (including phenoxy) is 1. The van der Waals surface area contributed by atoms with Gasteiger partial charge in [0.15, 0.2) is 0 Å². The second kappa shape index (κ2) is 3.94. The van der Waals surface area contributed by atoms with Gasteiger partial charge >= 0.3 is 0 Å². The molecule has 0 saturated carbocycles. The van der Waals surface area contributed by atoms with Crippen LogP contribution in [0.1, 0.15) is 54.4 Å². The molecule has 0 aromatic heterocycles. The van der Waals surface area contributed by atoms with E-state index in [-0.39, 0.29) is 16.8 Å². The van der Waals surface area contributed by atoms with Gasteiger partial charge in [0.25, 0.3) is 0 Å². The van der Waals surface area contributed by atoms with Crippen LogP contribution in [0, 0.1) is 5.92 Å². The molecule has 15 heavy (non-hydrogen) atoms. The van der Waals surface area contributed by atoms with E-state index in [9.17, 15) is 0 Å². The zero-order valence-electron chi connectivity index (χ0n) is 10.8. The quantitative estimate of drug-likeness (QED) is 0.579. The maximum absolute atomic E-state index is 6.05. The highest BCUT2D eigenvalue weighted by Crippen LogP contribution is 2.46. The lowest BCUT2D eigenvalue weighted by Gasteiger charge is -2.52. The molecule has 0 aliphatic carbocycles. The van der Waals surface area contributed by atoms with Crippen LogP contribution < -0.4 is 0 Å². The second-order valence-corrected chi connectivity index (χ2v) is 6.47. The van der Waals surface area contributed by atoms with Crippen LogP contribution >= 0.6 is 12.9 Å². The van der Waals surface area contributed by atoms with Gasteiger partial charge in [-0.25, -0.2) is 0 Å². The van der Waals surface area contributed by atoms with E-state index in [1.807, 2.05) is 0 Å². The Hall–Kier alpha value is 0.270. The van der Waals surface area contributed by atoms with Crippen LogP contribution in [0.2, 0.25) is 0 Å². The van der Waals surface area contributed by atoms with Gasteiger partial charge in [-0.1, -0.05) is 13.8 Å². The minimum absolute atomic E-state index is 0.144. The van der Waals surface area contributed by atoms with Crippen molar-refractivity contribution in [3.8, 4) is 0 Å². The maximum atomic E-state index is 6.05. The first-order valence-electron chi connectivity index (χ1n) is 5.65. The zero-order valence-corrected chi connectivity index (χ0v) is 11.6. The first-order valence-corrected chi connectivity index (χ1v) is 6.02. The van der Waals surface area contributed by atoms with E-state index < -0.39 is 0 Å². The van der Waals surface area contributed by atoms with Gasteiger partial charge in [-0.2, -0.15) is 0 Å². The Bertz CT molecular complexity index is 218. The van der Waals surface area contributed by atoms with E-state index in [0.29, 0.717) is 5.92 Å². The summed E-state index contributed by atoms with van der Waals surface area (Å²) in [6.45, 7) is 12.9. The third-order valence-corrected chi connectivity index (χ3v) is 3.60. The van der Waals surface area contributed by atoms with Crippen molar-refractivity contribution in [3.63, 3.8) is 0 Å². The summed E-state index contributed by atoms with van der Waals surface area (Å²) in [5.74, 6) is 0.442. The molecule has 0 bridgehead atoms. The molecule has 0 aromatic carbocycles. The minimum atomic E-state index is -0.172. The summed E-state index contributed by atoms with van der Waals surface area (Å²) >= 11 is 4.09. The molecule has 1 saturated heterocycles. The van der Waals surface area contributed by atoms with Crippen molar-refractivity contribution in [2.45, 2.75) is 71.2 Å². The monoisotopic (exact) mass is 232 g/mol. The SMILES string of the molecule is CC(C)C1(OS)CC(C)(C)OC(C)(C)C1. The third kappa shape index (κ3) is 2.89. The molecular formula is C12H24O2S. The van der Waals surface area contributed by atoms with E-state index in [1.54, 1.807) is 0 Å². The Balaban J connectivity index is 3.00. The second-order valence-electron chi connectivity index (χ2n) is 6.29. The van der Waals surface area contributed by atoms with Gasteiger partial charge in [0, 0.05) is 12.8 Å². The van der Waals surface area contributed by atoms with Crippen molar-refractivity contribution < 1.29 is 8.92 Å². The molecule has 0 N–H and O–H groups in total. The average Bonchev–Trinajstić information content (AvgIpc) is 1.97. The summed E-state index contributed by atoms with van der Waals surface area (Å²) < 4.78 is 11.6. The number of hydrogen-bond donors (Lipinski definition) is 1. The highest BCUT2D eigenvalue weighted by atomic mass is 32.1. The summed E-state index contributed by atoms with van der Waals surface area (Å²) in [7, 11) is 0. The van der Waals surface area contributed by atoms with Gasteiger partial charge in [-0.05, 0) is 46.5 Å². The van der Waals surface area contributed by atoms with Crippen molar-refractivity contribution >= 4 is 12.9 Å². The summed E-state index contributed by atoms with van der Waals surface area (Å²) in [6, 6.07) is 0. The average molecular weight is 232 g/mol. The lowest BCUT2D eigenvalue weighted by Crippen LogP contribution is -2.56. The molecule has 0 aromatic rings. The molecule has 1 rings (SSSR count). The molecule has 90 valence electrons. The van der Waals surface area contributed by atoms with Crippen molar-refractivity contribution in [3.05, 3.63) is 0 Å². The molecule has 0 unspecified atom stereocenters. The predicted octanol–water partition coefficient (Wildman–Crippen LogP) is 3.61. The lowest BCUT2D eigenvalue weighted by molar-refractivity contribution is -0.219. The lowest BCUT2D eigenvalue weighted by atomic mass is 9.72. The van der Waals surface area contributed by atoms with Crippen LogP contribution in [0.15, 0.2) is 0 Å². The van der Waals surface area contributed by atoms with E-state index in [0.717, 1.165) is 12.8 Å². The zero-order chi connectivity index (χ0) is 11.9. The molecule has 0 radical (unpaired) electrons. The molecule has 1 aliphatic heterocycles. The fourth-order valence-electron chi connectivity index (χ4n) is 2.90. The van der Waals surface area contributed by atoms with E-state index in [2.05, 4.69) is 54.5 Å². The normalized spacial score (nSPS) is 28.0. The van der Waals surface area contributed by atoms with Gasteiger partial charge in [0.05, 0.1) is 16.8 Å². The first-order chi connectivity index (χ1) is 6.63. The summed E-state index contributed by atoms with van der Waals surface area (Å²) in [5.41, 5.74) is -0.460. The van der Waals surface area contributed by atoms with Gasteiger partial charge < -0.3 is 8.92 Å². The Morgan fingerprint density at radius 3 is 1.73 bits per heavy atom. The van der Waals surface area contributed by atoms with Gasteiger partial charge in [0.2, 0.25) is 0 Å². The Morgan fingerprint density at radius 2 is 1.47 bits per heavy atom. The van der Waals surface area contributed by atoms with E-state index in [1.165, 1.54) is 0 Å². The largest absolute Gasteiger partial charge is 0.369 e. The Labute approximate surface area is 99.3 Å². The van der Waals surface area contributed by atoms with Crippen molar-refractivity contribution in [2.75, 3.05) is 0 Å². The summed E-state index contributed by atoms with van der Waals surface area (Å²) in [4.78, 5) is 0. The molecule has 1 fully saturated rings. The third-order valence-electron chi connectivity index (χ3n) is 3.24. The number of thiol groups is 1. The van der Waals surface area contributed by atoms with Crippen LogP contribution in [0.25, 0.3) is 0 Å². The number of rotatable bonds is 2. The molecule has 0 spiro atoms. The van der Waals surface area contributed by atoms with Gasteiger partial charge in [0.1, 0.15) is 0 Å². The molecule has 3 heteroatoms. The minimum Gasteiger partial charge on any atom is -0.369 e. The van der Waals surface area contributed by atoms with Crippen LogP contribution in [0.3, 0.4) is 0 Å². The predicted molar refractivity (Wildman–Crippen MR) is 66.1 cm³/mol. The molecule has 2 nitrogen and oxygen atoms in total. The number of hydrogen-bond acceptors (Lipinski definition) is 3. The van der Waals surface area contributed by atoms with Crippen molar-refractivity contribution in [1.29, 1.82) is 0 Å². The summed E-state index contributed by atoms with van der Waals surface area (Å²) in [5, 5.41) is 0. The van der Waals surface area contributed by atoms with Gasteiger partial charge in [-0.15, -0.1) is 0 Å². The Kier molecular flexibility index (Phi) is 3.50. The fourth-order valence-corrected chi connectivity index (χ4v) is 3.24. The molecule has 1 heterocycles. The topological polar surface area (TPSA) is 18.5 Å². The van der Waals surface area contributed by atoms with E-state index >= 15 is 0 Å². The molecule has 0 atom stereocenters. The summed E-state index contributed by atoms with van der Waals surface area (Å²) in [6.07, 6.45) is 1.79. The van der Waals surface area contributed by atoms with Crippen LogP contribution in [-0.2, 0) is 8.92 Å².